The van der Waals surface area contributed by atoms with E-state index in [1.54, 1.807) is 43.3 Å². The van der Waals surface area contributed by atoms with Crippen LogP contribution in [-0.4, -0.2) is 21.7 Å². The van der Waals surface area contributed by atoms with Gasteiger partial charge in [0.05, 0.1) is 5.57 Å². The molecule has 2 heterocycles. The third-order valence-electron chi connectivity index (χ3n) is 4.88. The number of rotatable bonds is 4. The summed E-state index contributed by atoms with van der Waals surface area (Å²) in [6.07, 6.45) is 0. The first-order valence-electron chi connectivity index (χ1n) is 9.10. The molecule has 1 amide bonds. The molecule has 6 heteroatoms. The van der Waals surface area contributed by atoms with Crippen molar-refractivity contribution in [2.75, 3.05) is 0 Å². The molecule has 0 spiro atoms. The van der Waals surface area contributed by atoms with Crippen LogP contribution in [0.5, 0.6) is 0 Å². The zero-order valence-corrected chi connectivity index (χ0v) is 16.4. The summed E-state index contributed by atoms with van der Waals surface area (Å²) >= 11 is 5.93. The quantitative estimate of drug-likeness (QED) is 0.381. The van der Waals surface area contributed by atoms with Crippen LogP contribution in [0.3, 0.4) is 0 Å². The Bertz CT molecular complexity index is 1100. The molecule has 29 heavy (non-hydrogen) atoms. The van der Waals surface area contributed by atoms with Crippen molar-refractivity contribution in [2.24, 2.45) is 0 Å². The molecule has 0 aliphatic carbocycles. The number of halogens is 1. The number of Topliss-reactive ketones (excluding diaryl/α,β-unsaturated/α-hetero) is 1. The Morgan fingerprint density at radius 3 is 2.34 bits per heavy atom. The van der Waals surface area contributed by atoms with E-state index in [0.29, 0.717) is 22.1 Å². The maximum Gasteiger partial charge on any atom is 0.296 e. The highest BCUT2D eigenvalue weighted by Gasteiger charge is 2.47. The molecular formula is C23H18ClNO4. The minimum atomic E-state index is -0.820. The van der Waals surface area contributed by atoms with Gasteiger partial charge in [0.15, 0.2) is 0 Å². The van der Waals surface area contributed by atoms with Gasteiger partial charge in [-0.2, -0.15) is 0 Å². The van der Waals surface area contributed by atoms with Gasteiger partial charge in [0, 0.05) is 17.1 Å². The van der Waals surface area contributed by atoms with Gasteiger partial charge in [-0.3, -0.25) is 9.59 Å². The number of benzene rings is 2. The summed E-state index contributed by atoms with van der Waals surface area (Å²) in [7, 11) is 0. The second kappa shape index (κ2) is 7.60. The van der Waals surface area contributed by atoms with E-state index in [1.165, 1.54) is 4.90 Å². The van der Waals surface area contributed by atoms with Crippen LogP contribution < -0.4 is 0 Å². The van der Waals surface area contributed by atoms with Gasteiger partial charge in [-0.05, 0) is 48.9 Å². The number of carbonyl (C=O) groups excluding carboxylic acids is 2. The Labute approximate surface area is 172 Å². The summed E-state index contributed by atoms with van der Waals surface area (Å²) in [4.78, 5) is 27.2. The van der Waals surface area contributed by atoms with Crippen LogP contribution in [-0.2, 0) is 16.1 Å². The van der Waals surface area contributed by atoms with E-state index in [4.69, 9.17) is 16.0 Å². The van der Waals surface area contributed by atoms with Crippen LogP contribution in [0.4, 0.5) is 0 Å². The van der Waals surface area contributed by atoms with Crippen molar-refractivity contribution >= 4 is 29.1 Å². The lowest BCUT2D eigenvalue weighted by Crippen LogP contribution is -2.29. The molecule has 3 aromatic rings. The Morgan fingerprint density at radius 1 is 1.03 bits per heavy atom. The minimum Gasteiger partial charge on any atom is -0.507 e. The maximum absolute atomic E-state index is 12.9. The average molecular weight is 408 g/mol. The van der Waals surface area contributed by atoms with Gasteiger partial charge < -0.3 is 14.4 Å². The molecular weight excluding hydrogens is 390 g/mol. The van der Waals surface area contributed by atoms with Gasteiger partial charge in [0.1, 0.15) is 23.3 Å². The van der Waals surface area contributed by atoms with Crippen molar-refractivity contribution in [1.82, 2.24) is 4.90 Å². The van der Waals surface area contributed by atoms with Gasteiger partial charge in [-0.1, -0.05) is 41.9 Å². The fourth-order valence-corrected chi connectivity index (χ4v) is 3.61. The van der Waals surface area contributed by atoms with Crippen LogP contribution in [0.1, 0.15) is 28.7 Å². The number of amides is 1. The first kappa shape index (κ1) is 19.0. The molecule has 1 aromatic heterocycles. The Balaban J connectivity index is 1.84. The fraction of sp³-hybridized carbons (Fsp3) is 0.130. The van der Waals surface area contributed by atoms with Crippen molar-refractivity contribution < 1.29 is 19.1 Å². The Kier molecular flexibility index (Phi) is 4.99. The normalized spacial score (nSPS) is 18.4. The Hall–Kier alpha value is -3.31. The second-order valence-corrected chi connectivity index (χ2v) is 7.30. The molecule has 1 atom stereocenters. The van der Waals surface area contributed by atoms with Crippen LogP contribution in [0.2, 0.25) is 5.02 Å². The summed E-state index contributed by atoms with van der Waals surface area (Å²) < 4.78 is 5.75. The molecule has 4 rings (SSSR count). The number of hydrogen-bond acceptors (Lipinski definition) is 4. The molecule has 146 valence electrons. The SMILES string of the molecule is Cc1ccc(C2/C(=C(\O)c3ccc(Cl)cc3)C(=O)C(=O)N2Cc2ccccc2)o1. The highest BCUT2D eigenvalue weighted by atomic mass is 35.5. The minimum absolute atomic E-state index is 0.00241. The summed E-state index contributed by atoms with van der Waals surface area (Å²) in [6.45, 7) is 2.00. The van der Waals surface area contributed by atoms with Gasteiger partial charge in [0.25, 0.3) is 11.7 Å². The number of hydrogen-bond donors (Lipinski definition) is 1. The predicted octanol–water partition coefficient (Wildman–Crippen LogP) is 4.86. The largest absolute Gasteiger partial charge is 0.507 e. The van der Waals surface area contributed by atoms with E-state index >= 15 is 0 Å². The standard InChI is InChI=1S/C23H18ClNO4/c1-14-7-12-18(29-14)20-19(21(26)16-8-10-17(24)11-9-16)22(27)23(28)25(20)13-15-5-3-2-4-6-15/h2-12,20,26H,13H2,1H3/b21-19+. The average Bonchev–Trinajstić information content (AvgIpc) is 3.25. The molecule has 1 saturated heterocycles. The Morgan fingerprint density at radius 2 is 1.72 bits per heavy atom. The van der Waals surface area contributed by atoms with Crippen LogP contribution in [0, 0.1) is 6.92 Å². The smallest absolute Gasteiger partial charge is 0.296 e. The van der Waals surface area contributed by atoms with Crippen molar-refractivity contribution in [3.8, 4) is 0 Å². The molecule has 1 fully saturated rings. The first-order chi connectivity index (χ1) is 14.0. The van der Waals surface area contributed by atoms with Crippen molar-refractivity contribution in [1.29, 1.82) is 0 Å². The highest BCUT2D eigenvalue weighted by molar-refractivity contribution is 6.46. The second-order valence-electron chi connectivity index (χ2n) is 6.87. The molecule has 0 saturated carbocycles. The van der Waals surface area contributed by atoms with E-state index in [0.717, 1.165) is 5.56 Å². The number of likely N-dealkylation sites (tertiary alicyclic amines) is 1. The number of aliphatic hydroxyl groups excluding tert-OH is 1. The van der Waals surface area contributed by atoms with Crippen molar-refractivity contribution in [3.63, 3.8) is 0 Å². The van der Waals surface area contributed by atoms with Crippen molar-refractivity contribution in [2.45, 2.75) is 19.5 Å². The van der Waals surface area contributed by atoms with Gasteiger partial charge >= 0.3 is 0 Å². The maximum atomic E-state index is 12.9. The topological polar surface area (TPSA) is 70.8 Å². The molecule has 0 radical (unpaired) electrons. The molecule has 1 aliphatic rings. The highest BCUT2D eigenvalue weighted by Crippen LogP contribution is 2.40. The lowest BCUT2D eigenvalue weighted by molar-refractivity contribution is -0.140. The van der Waals surface area contributed by atoms with Crippen molar-refractivity contribution in [3.05, 3.63) is 100.0 Å². The van der Waals surface area contributed by atoms with E-state index in [1.807, 2.05) is 30.3 Å². The molecule has 1 unspecified atom stereocenters. The van der Waals surface area contributed by atoms with Crippen LogP contribution >= 0.6 is 11.6 Å². The third-order valence-corrected chi connectivity index (χ3v) is 5.14. The van der Waals surface area contributed by atoms with E-state index in [9.17, 15) is 14.7 Å². The van der Waals surface area contributed by atoms with Crippen LogP contribution in [0.25, 0.3) is 5.76 Å². The molecule has 2 aromatic carbocycles. The monoisotopic (exact) mass is 407 g/mol. The lowest BCUT2D eigenvalue weighted by atomic mass is 9.99. The number of carbonyl (C=O) groups is 2. The summed E-state index contributed by atoms with van der Waals surface area (Å²) in [5, 5.41) is 11.4. The van der Waals surface area contributed by atoms with E-state index < -0.39 is 17.7 Å². The molecule has 5 nitrogen and oxygen atoms in total. The lowest BCUT2D eigenvalue weighted by Gasteiger charge is -2.23. The number of aryl methyl sites for hydroxylation is 1. The number of aliphatic hydroxyl groups is 1. The summed E-state index contributed by atoms with van der Waals surface area (Å²) in [5.74, 6) is -0.601. The summed E-state index contributed by atoms with van der Waals surface area (Å²) in [6, 6.07) is 18.5. The molecule has 1 N–H and O–H groups in total. The van der Waals surface area contributed by atoms with Gasteiger partial charge in [-0.15, -0.1) is 0 Å². The first-order valence-corrected chi connectivity index (χ1v) is 9.48. The number of nitrogens with zero attached hydrogens (tertiary/aromatic N) is 1. The molecule has 0 bridgehead atoms. The number of ketones is 1. The number of furan rings is 1. The van der Waals surface area contributed by atoms with E-state index in [-0.39, 0.29) is 17.9 Å². The van der Waals surface area contributed by atoms with Gasteiger partial charge in [-0.25, -0.2) is 0 Å². The van der Waals surface area contributed by atoms with Gasteiger partial charge in [0.2, 0.25) is 0 Å². The zero-order chi connectivity index (χ0) is 20.5. The third kappa shape index (κ3) is 3.57. The summed E-state index contributed by atoms with van der Waals surface area (Å²) in [5.41, 5.74) is 1.28. The molecule has 1 aliphatic heterocycles. The van der Waals surface area contributed by atoms with E-state index in [2.05, 4.69) is 0 Å². The zero-order valence-electron chi connectivity index (χ0n) is 15.6. The fourth-order valence-electron chi connectivity index (χ4n) is 3.48. The predicted molar refractivity (Wildman–Crippen MR) is 109 cm³/mol. The van der Waals surface area contributed by atoms with Crippen LogP contribution in [0.15, 0.2) is 76.7 Å².